The Balaban J connectivity index is 1.28. The Morgan fingerprint density at radius 3 is 1.44 bits per heavy atom. The lowest BCUT2D eigenvalue weighted by molar-refractivity contribution is 0.590. The van der Waals surface area contributed by atoms with Gasteiger partial charge in [0.2, 0.25) is 0 Å². The number of hydrogen-bond acceptors (Lipinski definition) is 3. The molecular formula is C60H53N3. The molecule has 0 aliphatic carbocycles. The highest BCUT2D eigenvalue weighted by molar-refractivity contribution is 5.90. The average Bonchev–Trinajstić information content (AvgIpc) is 3.32. The summed E-state index contributed by atoms with van der Waals surface area (Å²) in [4.78, 5) is 10.6. The first-order valence-corrected chi connectivity index (χ1v) is 21.9. The highest BCUT2D eigenvalue weighted by Crippen LogP contribution is 2.41. The third-order valence-corrected chi connectivity index (χ3v) is 11.8. The number of benzene rings is 7. The van der Waals surface area contributed by atoms with E-state index in [0.29, 0.717) is 0 Å². The predicted octanol–water partition coefficient (Wildman–Crippen LogP) is 16.5. The van der Waals surface area contributed by atoms with Crippen LogP contribution in [0.15, 0.2) is 206 Å². The van der Waals surface area contributed by atoms with Crippen LogP contribution >= 0.6 is 0 Å². The van der Waals surface area contributed by atoms with Gasteiger partial charge in [0.05, 0.1) is 17.1 Å². The fraction of sp³-hybridized carbons (Fsp3) is 0.133. The molecule has 1 N–H and O–H groups in total. The molecular weight excluding hydrogens is 763 g/mol. The van der Waals surface area contributed by atoms with E-state index in [-0.39, 0.29) is 10.8 Å². The van der Waals surface area contributed by atoms with Crippen molar-refractivity contribution in [2.75, 3.05) is 5.32 Å². The van der Waals surface area contributed by atoms with E-state index < -0.39 is 0 Å². The maximum atomic E-state index is 5.65. The van der Waals surface area contributed by atoms with Crippen LogP contribution in [-0.4, -0.2) is 9.97 Å². The summed E-state index contributed by atoms with van der Waals surface area (Å²) < 4.78 is 0. The standard InChI is InChI=1S/C60H53N3/c1-59(2,3)49-26-29-51(30-27-49)62-55-31-28-50(60(4,5)6)40-54(55)58-39-46(53-25-17-16-24-52(53)43-22-14-9-15-23-43)38-57(63-58)48-35-45(42-20-12-8-13-21-42)34-47(36-48)56-37-44(32-33-61-56)41-18-10-7-11-19-41/h7-40,62H,1-6H3. The van der Waals surface area contributed by atoms with Crippen molar-refractivity contribution >= 4 is 11.4 Å². The number of pyridine rings is 2. The van der Waals surface area contributed by atoms with Crippen LogP contribution < -0.4 is 5.32 Å². The van der Waals surface area contributed by atoms with E-state index >= 15 is 0 Å². The molecule has 2 heterocycles. The maximum Gasteiger partial charge on any atom is 0.0736 e. The summed E-state index contributed by atoms with van der Waals surface area (Å²) in [6.45, 7) is 13.6. The van der Waals surface area contributed by atoms with Crippen LogP contribution in [0, 0.1) is 0 Å². The van der Waals surface area contributed by atoms with Gasteiger partial charge in [0.1, 0.15) is 0 Å². The second-order valence-corrected chi connectivity index (χ2v) is 18.5. The zero-order valence-electron chi connectivity index (χ0n) is 37.0. The maximum absolute atomic E-state index is 5.65. The summed E-state index contributed by atoms with van der Waals surface area (Å²) in [5.41, 5.74) is 19.4. The highest BCUT2D eigenvalue weighted by Gasteiger charge is 2.21. The minimum atomic E-state index is -0.0812. The topological polar surface area (TPSA) is 37.8 Å². The van der Waals surface area contributed by atoms with Crippen molar-refractivity contribution in [3.63, 3.8) is 0 Å². The molecule has 0 bridgehead atoms. The Kier molecular flexibility index (Phi) is 11.2. The molecule has 0 saturated heterocycles. The van der Waals surface area contributed by atoms with Gasteiger partial charge in [-0.15, -0.1) is 0 Å². The lowest BCUT2D eigenvalue weighted by atomic mass is 9.85. The Morgan fingerprint density at radius 2 is 0.825 bits per heavy atom. The zero-order chi connectivity index (χ0) is 43.6. The molecule has 0 aliphatic rings. The van der Waals surface area contributed by atoms with Gasteiger partial charge in [0.25, 0.3) is 0 Å². The van der Waals surface area contributed by atoms with E-state index in [0.717, 1.165) is 78.5 Å². The molecule has 308 valence electrons. The van der Waals surface area contributed by atoms with Crippen molar-refractivity contribution in [2.24, 2.45) is 0 Å². The molecule has 0 radical (unpaired) electrons. The molecule has 0 atom stereocenters. The first-order chi connectivity index (χ1) is 30.5. The molecule has 0 amide bonds. The first-order valence-electron chi connectivity index (χ1n) is 21.9. The number of aromatic nitrogens is 2. The van der Waals surface area contributed by atoms with Crippen LogP contribution in [-0.2, 0) is 10.8 Å². The fourth-order valence-electron chi connectivity index (χ4n) is 8.24. The summed E-state index contributed by atoms with van der Waals surface area (Å²) in [5.74, 6) is 0. The van der Waals surface area contributed by atoms with E-state index in [4.69, 9.17) is 9.97 Å². The quantitative estimate of drug-likeness (QED) is 0.158. The van der Waals surface area contributed by atoms with E-state index in [9.17, 15) is 0 Å². The average molecular weight is 816 g/mol. The van der Waals surface area contributed by atoms with E-state index in [1.807, 2.05) is 6.20 Å². The molecule has 0 aliphatic heterocycles. The van der Waals surface area contributed by atoms with E-state index in [1.165, 1.54) is 22.3 Å². The van der Waals surface area contributed by atoms with Crippen molar-refractivity contribution in [2.45, 2.75) is 52.4 Å². The van der Waals surface area contributed by atoms with Gasteiger partial charge in [-0.05, 0) is 133 Å². The second-order valence-electron chi connectivity index (χ2n) is 18.5. The van der Waals surface area contributed by atoms with E-state index in [1.54, 1.807) is 0 Å². The lowest BCUT2D eigenvalue weighted by Crippen LogP contribution is -2.12. The van der Waals surface area contributed by atoms with E-state index in [2.05, 4.69) is 247 Å². The molecule has 3 heteroatoms. The Hall–Kier alpha value is -7.36. The fourth-order valence-corrected chi connectivity index (χ4v) is 8.24. The Labute approximate surface area is 373 Å². The largest absolute Gasteiger partial charge is 0.355 e. The lowest BCUT2D eigenvalue weighted by Gasteiger charge is -2.23. The molecule has 3 nitrogen and oxygen atoms in total. The number of nitrogens with one attached hydrogen (secondary N) is 1. The highest BCUT2D eigenvalue weighted by atomic mass is 14.9. The van der Waals surface area contributed by atoms with Crippen LogP contribution in [0.4, 0.5) is 11.4 Å². The minimum Gasteiger partial charge on any atom is -0.355 e. The molecule has 9 rings (SSSR count). The van der Waals surface area contributed by atoms with Crippen LogP contribution in [0.3, 0.4) is 0 Å². The predicted molar refractivity (Wildman–Crippen MR) is 267 cm³/mol. The summed E-state index contributed by atoms with van der Waals surface area (Å²) in [6, 6.07) is 71.7. The zero-order valence-corrected chi connectivity index (χ0v) is 37.0. The minimum absolute atomic E-state index is 0.0628. The van der Waals surface area contributed by atoms with Gasteiger partial charge in [-0.2, -0.15) is 0 Å². The molecule has 0 spiro atoms. The number of anilines is 2. The van der Waals surface area contributed by atoms with Gasteiger partial charge in [0.15, 0.2) is 0 Å². The molecule has 7 aromatic carbocycles. The van der Waals surface area contributed by atoms with Crippen molar-refractivity contribution < 1.29 is 0 Å². The van der Waals surface area contributed by atoms with Crippen molar-refractivity contribution in [1.82, 2.24) is 9.97 Å². The van der Waals surface area contributed by atoms with Crippen molar-refractivity contribution in [3.8, 4) is 78.3 Å². The number of rotatable bonds is 9. The Morgan fingerprint density at radius 1 is 0.333 bits per heavy atom. The van der Waals surface area contributed by atoms with Gasteiger partial charge in [0, 0.05) is 34.3 Å². The molecule has 0 saturated carbocycles. The first kappa shape index (κ1) is 41.0. The monoisotopic (exact) mass is 815 g/mol. The SMILES string of the molecule is CC(C)(C)c1ccc(Nc2ccc(C(C)(C)C)cc2-c2cc(-c3ccccc3-c3ccccc3)cc(-c3cc(-c4ccccc4)cc(-c4cc(-c5ccccc5)ccn4)c3)n2)cc1. The van der Waals surface area contributed by atoms with Crippen LogP contribution in [0.25, 0.3) is 78.3 Å². The second kappa shape index (κ2) is 17.2. The van der Waals surface area contributed by atoms with Gasteiger partial charge < -0.3 is 5.32 Å². The van der Waals surface area contributed by atoms with Gasteiger partial charge >= 0.3 is 0 Å². The summed E-state index contributed by atoms with van der Waals surface area (Å²) in [6.07, 6.45) is 1.91. The van der Waals surface area contributed by atoms with Crippen LogP contribution in [0.1, 0.15) is 52.7 Å². The van der Waals surface area contributed by atoms with Crippen molar-refractivity contribution in [1.29, 1.82) is 0 Å². The third kappa shape index (κ3) is 9.15. The van der Waals surface area contributed by atoms with Crippen molar-refractivity contribution in [3.05, 3.63) is 218 Å². The summed E-state index contributed by atoms with van der Waals surface area (Å²) in [7, 11) is 0. The van der Waals surface area contributed by atoms with Gasteiger partial charge in [-0.1, -0.05) is 175 Å². The summed E-state index contributed by atoms with van der Waals surface area (Å²) >= 11 is 0. The molecule has 0 unspecified atom stereocenters. The van der Waals surface area contributed by atoms with Gasteiger partial charge in [-0.25, -0.2) is 4.98 Å². The third-order valence-electron chi connectivity index (χ3n) is 11.8. The number of nitrogens with zero attached hydrogens (tertiary/aromatic N) is 2. The summed E-state index contributed by atoms with van der Waals surface area (Å²) in [5, 5.41) is 3.82. The number of hydrogen-bond donors (Lipinski definition) is 1. The normalized spacial score (nSPS) is 11.7. The molecule has 2 aromatic heterocycles. The van der Waals surface area contributed by atoms with Crippen LogP contribution in [0.2, 0.25) is 0 Å². The molecule has 9 aromatic rings. The van der Waals surface area contributed by atoms with Gasteiger partial charge in [-0.3, -0.25) is 4.98 Å². The molecule has 0 fully saturated rings. The Bertz CT molecular complexity index is 3010. The molecule has 63 heavy (non-hydrogen) atoms. The van der Waals surface area contributed by atoms with Crippen LogP contribution in [0.5, 0.6) is 0 Å². The smallest absolute Gasteiger partial charge is 0.0736 e.